The Balaban J connectivity index is 1.51. The normalized spacial score (nSPS) is 15.1. The van der Waals surface area contributed by atoms with Gasteiger partial charge < -0.3 is 19.5 Å². The van der Waals surface area contributed by atoms with Crippen molar-refractivity contribution in [3.63, 3.8) is 0 Å². The Labute approximate surface area is 223 Å². The lowest BCUT2D eigenvalue weighted by Gasteiger charge is -2.19. The van der Waals surface area contributed by atoms with Crippen molar-refractivity contribution in [2.45, 2.75) is 20.8 Å². The van der Waals surface area contributed by atoms with Crippen LogP contribution in [0.3, 0.4) is 0 Å². The van der Waals surface area contributed by atoms with E-state index in [9.17, 15) is 4.79 Å². The monoisotopic (exact) mass is 526 g/mol. The van der Waals surface area contributed by atoms with Gasteiger partial charge in [-0.05, 0) is 68.3 Å². The molecule has 38 heavy (non-hydrogen) atoms. The van der Waals surface area contributed by atoms with Crippen LogP contribution in [-0.4, -0.2) is 36.1 Å². The predicted octanol–water partition coefficient (Wildman–Crippen LogP) is 5.44. The minimum Gasteiger partial charge on any atom is -0.486 e. The molecule has 6 rings (SSSR count). The van der Waals surface area contributed by atoms with E-state index in [0.717, 1.165) is 49.9 Å². The number of anilines is 1. The minimum atomic E-state index is -0.175. The standard InChI is InChI=1S/C29H26N4O4S/c1-17-5-4-6-18(2)28(17)31-29-33(32-19(3)20-7-10-25-26(14-20)36-12-11-35-25)23(16-38-29)21-8-9-24-22(13-21)30-27(34)15-37-24/h4-10,13-14,16H,11-12,15H2,1-3H3,(H,30,34). The molecule has 3 heterocycles. The summed E-state index contributed by atoms with van der Waals surface area (Å²) < 4.78 is 18.9. The number of thiazole rings is 1. The lowest BCUT2D eigenvalue weighted by Crippen LogP contribution is -2.25. The molecule has 0 fully saturated rings. The first kappa shape index (κ1) is 24.0. The molecular weight excluding hydrogens is 500 g/mol. The van der Waals surface area contributed by atoms with E-state index in [1.54, 1.807) is 0 Å². The molecule has 1 aromatic heterocycles. The molecule has 2 aliphatic heterocycles. The third-order valence-electron chi connectivity index (χ3n) is 6.45. The maximum absolute atomic E-state index is 11.9. The Hall–Kier alpha value is -4.37. The van der Waals surface area contributed by atoms with Crippen LogP contribution in [0.25, 0.3) is 11.3 Å². The zero-order valence-corrected chi connectivity index (χ0v) is 22.1. The molecule has 1 N–H and O–H groups in total. The van der Waals surface area contributed by atoms with Crippen LogP contribution in [0.2, 0.25) is 0 Å². The summed E-state index contributed by atoms with van der Waals surface area (Å²) in [5.41, 5.74) is 7.18. The van der Waals surface area contributed by atoms with Gasteiger partial charge in [0.05, 0.1) is 22.8 Å². The lowest BCUT2D eigenvalue weighted by atomic mass is 10.1. The molecule has 0 bridgehead atoms. The van der Waals surface area contributed by atoms with E-state index < -0.39 is 0 Å². The number of carbonyl (C=O) groups is 1. The lowest BCUT2D eigenvalue weighted by molar-refractivity contribution is -0.118. The number of rotatable bonds is 4. The highest BCUT2D eigenvalue weighted by Gasteiger charge is 2.19. The van der Waals surface area contributed by atoms with E-state index in [-0.39, 0.29) is 12.5 Å². The fourth-order valence-corrected chi connectivity index (χ4v) is 5.30. The minimum absolute atomic E-state index is 0.0165. The molecule has 0 aliphatic carbocycles. The Morgan fingerprint density at radius 1 is 0.947 bits per heavy atom. The summed E-state index contributed by atoms with van der Waals surface area (Å²) in [7, 11) is 0. The van der Waals surface area contributed by atoms with Crippen molar-refractivity contribution in [3.05, 3.63) is 81.5 Å². The van der Waals surface area contributed by atoms with E-state index in [4.69, 9.17) is 24.3 Å². The number of nitrogens with one attached hydrogen (secondary N) is 1. The predicted molar refractivity (Wildman–Crippen MR) is 148 cm³/mol. The zero-order chi connectivity index (χ0) is 26.2. The second kappa shape index (κ2) is 9.83. The van der Waals surface area contributed by atoms with Gasteiger partial charge in [0.1, 0.15) is 19.0 Å². The van der Waals surface area contributed by atoms with Crippen molar-refractivity contribution in [3.8, 4) is 28.5 Å². The zero-order valence-electron chi connectivity index (χ0n) is 21.3. The number of carbonyl (C=O) groups excluding carboxylic acids is 1. The molecule has 4 aromatic rings. The summed E-state index contributed by atoms with van der Waals surface area (Å²) in [6, 6.07) is 17.7. The van der Waals surface area contributed by atoms with E-state index in [2.05, 4.69) is 31.3 Å². The third kappa shape index (κ3) is 4.56. The largest absolute Gasteiger partial charge is 0.486 e. The second-order valence-corrected chi connectivity index (χ2v) is 10.00. The van der Waals surface area contributed by atoms with E-state index in [1.807, 2.05) is 59.4 Å². The van der Waals surface area contributed by atoms with Gasteiger partial charge in [0.2, 0.25) is 4.80 Å². The summed E-state index contributed by atoms with van der Waals surface area (Å²) in [6.07, 6.45) is 0. The van der Waals surface area contributed by atoms with Crippen LogP contribution in [0.1, 0.15) is 23.6 Å². The summed E-state index contributed by atoms with van der Waals surface area (Å²) in [5.74, 6) is 1.92. The molecular formula is C29H26N4O4S. The number of fused-ring (bicyclic) bond motifs is 2. The quantitative estimate of drug-likeness (QED) is 0.359. The van der Waals surface area contributed by atoms with Gasteiger partial charge in [-0.15, -0.1) is 11.3 Å². The van der Waals surface area contributed by atoms with Gasteiger partial charge in [-0.3, -0.25) is 4.79 Å². The highest BCUT2D eigenvalue weighted by atomic mass is 32.1. The number of nitrogens with zero attached hydrogens (tertiary/aromatic N) is 3. The van der Waals surface area contributed by atoms with Gasteiger partial charge in [-0.25, -0.2) is 9.67 Å². The summed E-state index contributed by atoms with van der Waals surface area (Å²) in [4.78, 5) is 17.7. The van der Waals surface area contributed by atoms with Crippen molar-refractivity contribution in [2.75, 3.05) is 25.1 Å². The molecule has 0 saturated heterocycles. The summed E-state index contributed by atoms with van der Waals surface area (Å²) in [5, 5.41) is 9.95. The Morgan fingerprint density at radius 2 is 1.71 bits per heavy atom. The number of para-hydroxylation sites is 1. The van der Waals surface area contributed by atoms with Crippen molar-refractivity contribution in [1.29, 1.82) is 0 Å². The first-order chi connectivity index (χ1) is 18.5. The molecule has 0 radical (unpaired) electrons. The van der Waals surface area contributed by atoms with Gasteiger partial charge in [-0.2, -0.15) is 5.10 Å². The molecule has 3 aromatic carbocycles. The van der Waals surface area contributed by atoms with Crippen molar-refractivity contribution < 1.29 is 19.0 Å². The maximum Gasteiger partial charge on any atom is 0.262 e. The molecule has 0 spiro atoms. The Bertz CT molecular complexity index is 1650. The number of amides is 1. The topological polar surface area (TPSA) is 86.4 Å². The van der Waals surface area contributed by atoms with E-state index >= 15 is 0 Å². The van der Waals surface area contributed by atoms with Gasteiger partial charge in [0, 0.05) is 16.5 Å². The van der Waals surface area contributed by atoms with Crippen LogP contribution in [0.15, 0.2) is 70.1 Å². The Kier molecular flexibility index (Phi) is 6.21. The third-order valence-corrected chi connectivity index (χ3v) is 7.27. The van der Waals surface area contributed by atoms with Crippen molar-refractivity contribution >= 4 is 34.3 Å². The fourth-order valence-electron chi connectivity index (χ4n) is 4.47. The number of aryl methyl sites for hydroxylation is 2. The van der Waals surface area contributed by atoms with Crippen molar-refractivity contribution in [2.24, 2.45) is 10.1 Å². The van der Waals surface area contributed by atoms with Crippen LogP contribution >= 0.6 is 11.3 Å². The highest BCUT2D eigenvalue weighted by molar-refractivity contribution is 7.07. The highest BCUT2D eigenvalue weighted by Crippen LogP contribution is 2.34. The van der Waals surface area contributed by atoms with Crippen LogP contribution in [0.4, 0.5) is 11.4 Å². The molecule has 1 amide bonds. The van der Waals surface area contributed by atoms with Gasteiger partial charge in [0.25, 0.3) is 5.91 Å². The number of ether oxygens (including phenoxy) is 3. The number of hydrogen-bond donors (Lipinski definition) is 1. The van der Waals surface area contributed by atoms with Gasteiger partial charge in [-0.1, -0.05) is 18.2 Å². The number of hydrogen-bond acceptors (Lipinski definition) is 7. The van der Waals surface area contributed by atoms with Crippen LogP contribution in [0.5, 0.6) is 17.2 Å². The average molecular weight is 527 g/mol. The van der Waals surface area contributed by atoms with Gasteiger partial charge >= 0.3 is 0 Å². The SMILES string of the molecule is CC(=Nn1c(-c2ccc3c(c2)NC(=O)CO3)csc1=Nc1c(C)cccc1C)c1ccc2c(c1)OCCO2. The van der Waals surface area contributed by atoms with Crippen molar-refractivity contribution in [1.82, 2.24) is 4.68 Å². The first-order valence-corrected chi connectivity index (χ1v) is 13.2. The maximum atomic E-state index is 11.9. The molecule has 192 valence electrons. The molecule has 0 atom stereocenters. The molecule has 9 heteroatoms. The summed E-state index contributed by atoms with van der Waals surface area (Å²) >= 11 is 1.51. The molecule has 0 unspecified atom stereocenters. The Morgan fingerprint density at radius 3 is 2.53 bits per heavy atom. The van der Waals surface area contributed by atoms with Crippen LogP contribution in [-0.2, 0) is 4.79 Å². The van der Waals surface area contributed by atoms with E-state index in [0.29, 0.717) is 30.4 Å². The van der Waals surface area contributed by atoms with Crippen LogP contribution < -0.4 is 24.3 Å². The second-order valence-electron chi connectivity index (χ2n) is 9.16. The number of aromatic nitrogens is 1. The fraction of sp³-hybridized carbons (Fsp3) is 0.207. The molecule has 2 aliphatic rings. The van der Waals surface area contributed by atoms with E-state index in [1.165, 1.54) is 11.3 Å². The first-order valence-electron chi connectivity index (χ1n) is 12.3. The molecule has 8 nitrogen and oxygen atoms in total. The van der Waals surface area contributed by atoms with Gasteiger partial charge in [0.15, 0.2) is 18.1 Å². The summed E-state index contributed by atoms with van der Waals surface area (Å²) in [6.45, 7) is 7.16. The average Bonchev–Trinajstić information content (AvgIpc) is 3.31. The number of benzene rings is 3. The van der Waals surface area contributed by atoms with Crippen LogP contribution in [0, 0.1) is 13.8 Å². The molecule has 0 saturated carbocycles. The smallest absolute Gasteiger partial charge is 0.262 e.